The van der Waals surface area contributed by atoms with Crippen LogP contribution >= 0.6 is 0 Å². The number of hydrogen-bond donors (Lipinski definition) is 1. The Bertz CT molecular complexity index is 322. The number of nitrogens with zero attached hydrogens (tertiary/aromatic N) is 1. The molecule has 0 aromatic rings. The van der Waals surface area contributed by atoms with Gasteiger partial charge in [-0.15, -0.1) is 0 Å². The maximum absolute atomic E-state index is 12.5. The fourth-order valence-electron chi connectivity index (χ4n) is 2.54. The van der Waals surface area contributed by atoms with Gasteiger partial charge in [0.2, 0.25) is 5.91 Å². The third-order valence-electron chi connectivity index (χ3n) is 3.57. The Labute approximate surface area is 120 Å². The summed E-state index contributed by atoms with van der Waals surface area (Å²) in [6, 6.07) is 0.0876. The second-order valence-corrected chi connectivity index (χ2v) is 5.18. The topological polar surface area (TPSA) is 81.9 Å². The first-order chi connectivity index (χ1) is 9.58. The number of esters is 1. The van der Waals surface area contributed by atoms with E-state index >= 15 is 0 Å². The molecule has 0 aromatic heterocycles. The van der Waals surface area contributed by atoms with Gasteiger partial charge in [0, 0.05) is 25.6 Å². The number of amides is 1. The van der Waals surface area contributed by atoms with Crippen molar-refractivity contribution in [2.75, 3.05) is 33.4 Å². The number of carbonyl (C=O) groups is 2. The first-order valence-corrected chi connectivity index (χ1v) is 7.27. The fourth-order valence-corrected chi connectivity index (χ4v) is 2.54. The van der Waals surface area contributed by atoms with E-state index in [1.165, 1.54) is 4.90 Å². The molecule has 1 saturated carbocycles. The van der Waals surface area contributed by atoms with Crippen LogP contribution in [0.4, 0.5) is 0 Å². The van der Waals surface area contributed by atoms with E-state index in [4.69, 9.17) is 15.2 Å². The van der Waals surface area contributed by atoms with Crippen LogP contribution < -0.4 is 5.73 Å². The number of rotatable bonds is 7. The maximum atomic E-state index is 12.5. The molecule has 6 nitrogen and oxygen atoms in total. The molecule has 1 aliphatic carbocycles. The van der Waals surface area contributed by atoms with E-state index in [0.717, 1.165) is 19.3 Å². The van der Waals surface area contributed by atoms with Crippen LogP contribution in [0.5, 0.6) is 0 Å². The van der Waals surface area contributed by atoms with Gasteiger partial charge < -0.3 is 20.1 Å². The average Bonchev–Trinajstić information content (AvgIpc) is 2.43. The van der Waals surface area contributed by atoms with Crippen LogP contribution in [0.1, 0.15) is 32.6 Å². The summed E-state index contributed by atoms with van der Waals surface area (Å²) in [5, 5.41) is 0. The fraction of sp³-hybridized carbons (Fsp3) is 0.857. The minimum atomic E-state index is -0.378. The van der Waals surface area contributed by atoms with Gasteiger partial charge in [0.05, 0.1) is 13.2 Å². The summed E-state index contributed by atoms with van der Waals surface area (Å²) in [6.45, 7) is 2.87. The van der Waals surface area contributed by atoms with Crippen molar-refractivity contribution >= 4 is 11.9 Å². The van der Waals surface area contributed by atoms with Crippen LogP contribution in [0.3, 0.4) is 0 Å². The van der Waals surface area contributed by atoms with Gasteiger partial charge in [0.25, 0.3) is 0 Å². The quantitative estimate of drug-likeness (QED) is 0.691. The summed E-state index contributed by atoms with van der Waals surface area (Å²) in [7, 11) is 1.57. The Morgan fingerprint density at radius 1 is 1.35 bits per heavy atom. The highest BCUT2D eigenvalue weighted by Crippen LogP contribution is 2.24. The molecule has 1 amide bonds. The standard InChI is InChI=1S/C14H26N2O4/c1-3-20-13(17)10-16(7-8-19-2)14(18)11-5-4-6-12(15)9-11/h11-12H,3-10,15H2,1-2H3. The molecule has 0 aromatic carbocycles. The molecular formula is C14H26N2O4. The lowest BCUT2D eigenvalue weighted by Gasteiger charge is -2.30. The minimum Gasteiger partial charge on any atom is -0.465 e. The zero-order chi connectivity index (χ0) is 15.0. The van der Waals surface area contributed by atoms with Crippen molar-refractivity contribution in [3.05, 3.63) is 0 Å². The second-order valence-electron chi connectivity index (χ2n) is 5.18. The summed E-state index contributed by atoms with van der Waals surface area (Å²) < 4.78 is 9.91. The molecule has 2 atom stereocenters. The molecule has 0 spiro atoms. The third-order valence-corrected chi connectivity index (χ3v) is 3.57. The molecule has 2 N–H and O–H groups in total. The van der Waals surface area contributed by atoms with Crippen molar-refractivity contribution in [3.8, 4) is 0 Å². The van der Waals surface area contributed by atoms with Gasteiger partial charge in [-0.3, -0.25) is 9.59 Å². The van der Waals surface area contributed by atoms with Crippen molar-refractivity contribution in [1.29, 1.82) is 0 Å². The van der Waals surface area contributed by atoms with Crippen molar-refractivity contribution in [2.24, 2.45) is 11.7 Å². The van der Waals surface area contributed by atoms with Gasteiger partial charge in [-0.1, -0.05) is 6.42 Å². The first kappa shape index (κ1) is 16.9. The molecule has 0 bridgehead atoms. The third kappa shape index (κ3) is 5.46. The van der Waals surface area contributed by atoms with Gasteiger partial charge in [0.15, 0.2) is 0 Å². The van der Waals surface area contributed by atoms with Crippen molar-refractivity contribution < 1.29 is 19.1 Å². The Hall–Kier alpha value is -1.14. The molecular weight excluding hydrogens is 260 g/mol. The van der Waals surface area contributed by atoms with Crippen LogP contribution in [0.25, 0.3) is 0 Å². The Kier molecular flexibility index (Phi) is 7.54. The number of carbonyl (C=O) groups excluding carboxylic acids is 2. The van der Waals surface area contributed by atoms with Crippen molar-refractivity contribution in [2.45, 2.75) is 38.6 Å². The zero-order valence-electron chi connectivity index (χ0n) is 12.5. The lowest BCUT2D eigenvalue weighted by atomic mass is 9.85. The lowest BCUT2D eigenvalue weighted by Crippen LogP contribution is -2.44. The molecule has 0 saturated heterocycles. The smallest absolute Gasteiger partial charge is 0.325 e. The van der Waals surface area contributed by atoms with Crippen LogP contribution in [0, 0.1) is 5.92 Å². The second kappa shape index (κ2) is 8.92. The summed E-state index contributed by atoms with van der Waals surface area (Å²) in [4.78, 5) is 25.6. The van der Waals surface area contributed by atoms with E-state index in [-0.39, 0.29) is 30.4 Å². The number of methoxy groups -OCH3 is 1. The number of hydrogen-bond acceptors (Lipinski definition) is 5. The van der Waals surface area contributed by atoms with Gasteiger partial charge in [-0.05, 0) is 26.2 Å². The van der Waals surface area contributed by atoms with E-state index in [2.05, 4.69) is 0 Å². The number of nitrogens with two attached hydrogens (primary N) is 1. The molecule has 2 unspecified atom stereocenters. The predicted molar refractivity (Wildman–Crippen MR) is 75.0 cm³/mol. The molecule has 0 radical (unpaired) electrons. The SMILES string of the molecule is CCOC(=O)CN(CCOC)C(=O)C1CCCC(N)C1. The van der Waals surface area contributed by atoms with E-state index in [0.29, 0.717) is 26.2 Å². The monoisotopic (exact) mass is 286 g/mol. The van der Waals surface area contributed by atoms with Crippen LogP contribution in [-0.2, 0) is 19.1 Å². The summed E-state index contributed by atoms with van der Waals surface area (Å²) >= 11 is 0. The molecule has 1 rings (SSSR count). The highest BCUT2D eigenvalue weighted by molar-refractivity contribution is 5.83. The molecule has 116 valence electrons. The summed E-state index contributed by atoms with van der Waals surface area (Å²) in [5.74, 6) is -0.465. The first-order valence-electron chi connectivity index (χ1n) is 7.27. The molecule has 1 fully saturated rings. The molecule has 1 aliphatic rings. The van der Waals surface area contributed by atoms with Crippen LogP contribution in [0.15, 0.2) is 0 Å². The maximum Gasteiger partial charge on any atom is 0.325 e. The molecule has 0 aliphatic heterocycles. The number of ether oxygens (including phenoxy) is 2. The zero-order valence-corrected chi connectivity index (χ0v) is 12.5. The normalized spacial score (nSPS) is 22.4. The Morgan fingerprint density at radius 3 is 2.70 bits per heavy atom. The van der Waals surface area contributed by atoms with Gasteiger partial charge >= 0.3 is 5.97 Å². The minimum absolute atomic E-state index is 0.00902. The average molecular weight is 286 g/mol. The molecule has 0 heterocycles. The predicted octanol–water partition coefficient (Wildman–Crippen LogP) is 0.542. The summed E-state index contributed by atoms with van der Waals surface area (Å²) in [5.41, 5.74) is 5.93. The molecule has 6 heteroatoms. The molecule has 20 heavy (non-hydrogen) atoms. The Morgan fingerprint density at radius 2 is 2.10 bits per heavy atom. The van der Waals surface area contributed by atoms with Gasteiger partial charge in [-0.2, -0.15) is 0 Å². The van der Waals surface area contributed by atoms with Crippen LogP contribution in [-0.4, -0.2) is 56.2 Å². The highest BCUT2D eigenvalue weighted by Gasteiger charge is 2.29. The van der Waals surface area contributed by atoms with E-state index in [1.54, 1.807) is 14.0 Å². The lowest BCUT2D eigenvalue weighted by molar-refractivity contribution is -0.151. The summed E-state index contributed by atoms with van der Waals surface area (Å²) in [6.07, 6.45) is 3.48. The highest BCUT2D eigenvalue weighted by atomic mass is 16.5. The van der Waals surface area contributed by atoms with E-state index < -0.39 is 0 Å². The van der Waals surface area contributed by atoms with Crippen molar-refractivity contribution in [3.63, 3.8) is 0 Å². The van der Waals surface area contributed by atoms with Crippen molar-refractivity contribution in [1.82, 2.24) is 4.90 Å². The van der Waals surface area contributed by atoms with E-state index in [1.807, 2.05) is 0 Å². The van der Waals surface area contributed by atoms with Gasteiger partial charge in [0.1, 0.15) is 6.54 Å². The van der Waals surface area contributed by atoms with Crippen LogP contribution in [0.2, 0.25) is 0 Å². The Balaban J connectivity index is 2.60. The van der Waals surface area contributed by atoms with E-state index in [9.17, 15) is 9.59 Å². The largest absolute Gasteiger partial charge is 0.465 e. The van der Waals surface area contributed by atoms with Gasteiger partial charge in [-0.25, -0.2) is 0 Å².